The second kappa shape index (κ2) is 12.1. The van der Waals surface area contributed by atoms with E-state index in [2.05, 4.69) is 22.1 Å². The fraction of sp³-hybridized carbons (Fsp3) is 0.625. The minimum Gasteiger partial charge on any atom is -0.459 e. The zero-order chi connectivity index (χ0) is 23.7. The van der Waals surface area contributed by atoms with E-state index >= 15 is 0 Å². The highest BCUT2D eigenvalue weighted by molar-refractivity contribution is 6.21. The molecule has 1 saturated heterocycles. The number of nitrogens with zero attached hydrogens (tertiary/aromatic N) is 2. The maximum Gasteiger partial charge on any atom is 0.323 e. The van der Waals surface area contributed by atoms with Crippen molar-refractivity contribution in [2.45, 2.75) is 52.2 Å². The molecule has 8 heteroatoms. The molecule has 8 nitrogen and oxygen atoms in total. The molecule has 2 N–H and O–H groups in total. The Morgan fingerprint density at radius 1 is 1.09 bits per heavy atom. The number of esters is 1. The predicted molar refractivity (Wildman–Crippen MR) is 125 cm³/mol. The molecule has 178 valence electrons. The second-order valence-corrected chi connectivity index (χ2v) is 9.02. The molecule has 0 aromatic carbocycles. The first-order valence-electron chi connectivity index (χ1n) is 11.4. The molecule has 0 spiro atoms. The predicted octanol–water partition coefficient (Wildman–Crippen LogP) is 1.40. The SMILES string of the molecule is C=CC1=C(/C=C\C)C(=O)N(CCCC(C(=O)OC(C)(C)C)N2CCNCCNCC2)C1=O. The van der Waals surface area contributed by atoms with Gasteiger partial charge in [-0.05, 0) is 40.5 Å². The first-order valence-corrected chi connectivity index (χ1v) is 11.4. The van der Waals surface area contributed by atoms with Crippen LogP contribution in [-0.4, -0.2) is 85.0 Å². The minimum atomic E-state index is -0.587. The fourth-order valence-corrected chi connectivity index (χ4v) is 3.90. The largest absolute Gasteiger partial charge is 0.459 e. The Bertz CT molecular complexity index is 756. The second-order valence-electron chi connectivity index (χ2n) is 9.02. The lowest BCUT2D eigenvalue weighted by molar-refractivity contribution is -0.161. The average Bonchev–Trinajstić information content (AvgIpc) is 3.02. The van der Waals surface area contributed by atoms with Crippen LogP contribution in [0, 0.1) is 0 Å². The molecule has 0 saturated carbocycles. The fourth-order valence-electron chi connectivity index (χ4n) is 3.90. The van der Waals surface area contributed by atoms with Crippen molar-refractivity contribution >= 4 is 17.8 Å². The van der Waals surface area contributed by atoms with Crippen molar-refractivity contribution in [1.29, 1.82) is 0 Å². The van der Waals surface area contributed by atoms with Gasteiger partial charge in [0.15, 0.2) is 0 Å². The topological polar surface area (TPSA) is 91.0 Å². The Morgan fingerprint density at radius 3 is 2.22 bits per heavy atom. The summed E-state index contributed by atoms with van der Waals surface area (Å²) in [5.74, 6) is -0.911. The van der Waals surface area contributed by atoms with Gasteiger partial charge in [0.05, 0.1) is 11.1 Å². The van der Waals surface area contributed by atoms with Gasteiger partial charge < -0.3 is 15.4 Å². The molecule has 0 aromatic rings. The zero-order valence-corrected chi connectivity index (χ0v) is 19.9. The lowest BCUT2D eigenvalue weighted by Crippen LogP contribution is -2.48. The minimum absolute atomic E-state index is 0.250. The monoisotopic (exact) mass is 446 g/mol. The highest BCUT2D eigenvalue weighted by atomic mass is 16.6. The molecule has 0 aliphatic carbocycles. The van der Waals surface area contributed by atoms with Crippen molar-refractivity contribution in [1.82, 2.24) is 20.4 Å². The highest BCUT2D eigenvalue weighted by Crippen LogP contribution is 2.24. The molecule has 0 aromatic heterocycles. The van der Waals surface area contributed by atoms with Gasteiger partial charge in [0, 0.05) is 45.8 Å². The molecule has 32 heavy (non-hydrogen) atoms. The summed E-state index contributed by atoms with van der Waals surface area (Å²) < 4.78 is 5.71. The van der Waals surface area contributed by atoms with Gasteiger partial charge in [-0.2, -0.15) is 0 Å². The number of hydrogen-bond acceptors (Lipinski definition) is 7. The van der Waals surface area contributed by atoms with Gasteiger partial charge in [-0.25, -0.2) is 0 Å². The average molecular weight is 447 g/mol. The maximum atomic E-state index is 13.1. The lowest BCUT2D eigenvalue weighted by atomic mass is 10.1. The number of rotatable bonds is 8. The van der Waals surface area contributed by atoms with Gasteiger partial charge in [-0.15, -0.1) is 0 Å². The quantitative estimate of drug-likeness (QED) is 0.430. The van der Waals surface area contributed by atoms with E-state index in [0.717, 1.165) is 39.3 Å². The van der Waals surface area contributed by atoms with Crippen molar-refractivity contribution in [3.05, 3.63) is 36.0 Å². The van der Waals surface area contributed by atoms with Crippen LogP contribution >= 0.6 is 0 Å². The summed E-state index contributed by atoms with van der Waals surface area (Å²) in [6.07, 6.45) is 5.81. The summed E-state index contributed by atoms with van der Waals surface area (Å²) in [5.41, 5.74) is 0.110. The molecule has 2 heterocycles. The summed E-state index contributed by atoms with van der Waals surface area (Å²) in [6, 6.07) is -0.439. The van der Waals surface area contributed by atoms with Crippen molar-refractivity contribution in [3.8, 4) is 0 Å². The summed E-state index contributed by atoms with van der Waals surface area (Å²) in [6.45, 7) is 16.1. The number of nitrogens with one attached hydrogen (secondary N) is 2. The third-order valence-electron chi connectivity index (χ3n) is 5.39. The van der Waals surface area contributed by atoms with Gasteiger partial charge in [0.25, 0.3) is 11.8 Å². The maximum absolute atomic E-state index is 13.1. The van der Waals surface area contributed by atoms with Crippen LogP contribution in [0.25, 0.3) is 0 Å². The molecular weight excluding hydrogens is 408 g/mol. The summed E-state index contributed by atoms with van der Waals surface area (Å²) in [5, 5.41) is 6.73. The number of amides is 2. The summed E-state index contributed by atoms with van der Waals surface area (Å²) in [7, 11) is 0. The van der Waals surface area contributed by atoms with Gasteiger partial charge in [0.1, 0.15) is 11.6 Å². The lowest BCUT2D eigenvalue weighted by Gasteiger charge is -2.32. The van der Waals surface area contributed by atoms with Crippen LogP contribution in [-0.2, 0) is 19.1 Å². The standard InChI is InChI=1S/C24H38N4O4/c1-6-9-19-18(7-2)21(29)28(22(19)30)15-8-10-20(23(31)32-24(3,4)5)27-16-13-25-11-12-26-14-17-27/h6-7,9,20,25-26H,2,8,10-17H2,1,3-5H3/b9-6-. The van der Waals surface area contributed by atoms with Crippen LogP contribution in [0.4, 0.5) is 0 Å². The molecule has 1 unspecified atom stereocenters. The van der Waals surface area contributed by atoms with Crippen LogP contribution in [0.2, 0.25) is 0 Å². The van der Waals surface area contributed by atoms with E-state index in [0.29, 0.717) is 24.0 Å². The van der Waals surface area contributed by atoms with E-state index in [1.54, 1.807) is 19.1 Å². The molecule has 2 aliphatic rings. The number of hydrogen-bond donors (Lipinski definition) is 2. The Hall–Kier alpha value is -2.29. The van der Waals surface area contributed by atoms with E-state index in [9.17, 15) is 14.4 Å². The Morgan fingerprint density at radius 2 is 1.69 bits per heavy atom. The zero-order valence-electron chi connectivity index (χ0n) is 19.9. The number of allylic oxidation sites excluding steroid dienone is 1. The van der Waals surface area contributed by atoms with Crippen LogP contribution in [0.1, 0.15) is 40.5 Å². The highest BCUT2D eigenvalue weighted by Gasteiger charge is 2.36. The number of imide groups is 1. The number of carbonyl (C=O) groups excluding carboxylic acids is 3. The molecule has 0 radical (unpaired) electrons. The number of ether oxygens (including phenoxy) is 1. The van der Waals surface area contributed by atoms with Crippen LogP contribution in [0.15, 0.2) is 36.0 Å². The van der Waals surface area contributed by atoms with Gasteiger partial charge in [-0.1, -0.05) is 24.8 Å². The molecule has 1 atom stereocenters. The van der Waals surface area contributed by atoms with E-state index in [-0.39, 0.29) is 24.3 Å². The van der Waals surface area contributed by atoms with E-state index in [1.165, 1.54) is 11.0 Å². The van der Waals surface area contributed by atoms with Crippen molar-refractivity contribution < 1.29 is 19.1 Å². The van der Waals surface area contributed by atoms with E-state index < -0.39 is 11.6 Å². The normalized spacial score (nSPS) is 20.3. The Kier molecular flexibility index (Phi) is 9.81. The Balaban J connectivity index is 2.09. The summed E-state index contributed by atoms with van der Waals surface area (Å²) >= 11 is 0. The molecule has 2 amide bonds. The molecule has 0 bridgehead atoms. The summed E-state index contributed by atoms with van der Waals surface area (Å²) in [4.78, 5) is 41.8. The van der Waals surface area contributed by atoms with E-state index in [4.69, 9.17) is 4.74 Å². The first kappa shape index (κ1) is 26.0. The molecular formula is C24H38N4O4. The van der Waals surface area contributed by atoms with E-state index in [1.807, 2.05) is 20.8 Å². The van der Waals surface area contributed by atoms with Gasteiger partial charge in [-0.3, -0.25) is 24.2 Å². The third kappa shape index (κ3) is 7.12. The van der Waals surface area contributed by atoms with Crippen LogP contribution in [0.3, 0.4) is 0 Å². The van der Waals surface area contributed by atoms with Crippen LogP contribution in [0.5, 0.6) is 0 Å². The molecule has 2 aliphatic heterocycles. The van der Waals surface area contributed by atoms with Crippen molar-refractivity contribution in [2.24, 2.45) is 0 Å². The third-order valence-corrected chi connectivity index (χ3v) is 5.39. The Labute approximate surface area is 191 Å². The molecule has 2 rings (SSSR count). The van der Waals surface area contributed by atoms with Gasteiger partial charge >= 0.3 is 5.97 Å². The van der Waals surface area contributed by atoms with Crippen LogP contribution < -0.4 is 10.6 Å². The first-order chi connectivity index (χ1) is 15.2. The van der Waals surface area contributed by atoms with Crippen molar-refractivity contribution in [3.63, 3.8) is 0 Å². The number of carbonyl (C=O) groups is 3. The molecule has 1 fully saturated rings. The smallest absolute Gasteiger partial charge is 0.323 e. The van der Waals surface area contributed by atoms with Gasteiger partial charge in [0.2, 0.25) is 0 Å². The van der Waals surface area contributed by atoms with Crippen molar-refractivity contribution in [2.75, 3.05) is 45.8 Å².